The molecule has 1 aliphatic rings. The summed E-state index contributed by atoms with van der Waals surface area (Å²) in [5, 5.41) is 8.23. The second-order valence-corrected chi connectivity index (χ2v) is 6.68. The Balaban J connectivity index is 1.27. The van der Waals surface area contributed by atoms with E-state index in [1.807, 2.05) is 29.3 Å². The highest BCUT2D eigenvalue weighted by molar-refractivity contribution is 7.99. The number of furan rings is 1. The maximum Gasteiger partial charge on any atom is 0.284 e. The molecule has 9 heteroatoms. The highest BCUT2D eigenvalue weighted by Crippen LogP contribution is 2.23. The van der Waals surface area contributed by atoms with Crippen LogP contribution in [-0.4, -0.2) is 52.9 Å². The molecule has 0 aromatic carbocycles. The van der Waals surface area contributed by atoms with Crippen LogP contribution in [0.2, 0.25) is 0 Å². The summed E-state index contributed by atoms with van der Waals surface area (Å²) in [5.41, 5.74) is 0. The number of amides is 1. The minimum absolute atomic E-state index is 0.0736. The summed E-state index contributed by atoms with van der Waals surface area (Å²) in [7, 11) is 0. The van der Waals surface area contributed by atoms with Crippen molar-refractivity contribution < 1.29 is 18.6 Å². The molecule has 0 atom stereocenters. The topological polar surface area (TPSA) is 89.7 Å². The first-order valence-electron chi connectivity index (χ1n) is 8.29. The Kier molecular flexibility index (Phi) is 4.87. The van der Waals surface area contributed by atoms with Crippen molar-refractivity contribution in [2.24, 2.45) is 0 Å². The molecule has 0 unspecified atom stereocenters. The van der Waals surface area contributed by atoms with E-state index in [0.29, 0.717) is 30.0 Å². The van der Waals surface area contributed by atoms with E-state index < -0.39 is 0 Å². The van der Waals surface area contributed by atoms with Crippen molar-refractivity contribution in [3.63, 3.8) is 0 Å². The van der Waals surface area contributed by atoms with Crippen molar-refractivity contribution in [1.82, 2.24) is 15.1 Å². The number of anilines is 1. The van der Waals surface area contributed by atoms with Crippen LogP contribution in [0.1, 0.15) is 0 Å². The molecular weight excluding hydrogens is 354 g/mol. The summed E-state index contributed by atoms with van der Waals surface area (Å²) in [4.78, 5) is 19.8. The van der Waals surface area contributed by atoms with Crippen LogP contribution in [-0.2, 0) is 4.79 Å². The molecule has 134 valence electrons. The van der Waals surface area contributed by atoms with Crippen LogP contribution in [0.25, 0.3) is 11.7 Å². The molecule has 4 rings (SSSR count). The van der Waals surface area contributed by atoms with Gasteiger partial charge >= 0.3 is 0 Å². The Labute approximate surface area is 154 Å². The van der Waals surface area contributed by atoms with Crippen LogP contribution >= 0.6 is 11.8 Å². The van der Waals surface area contributed by atoms with E-state index >= 15 is 0 Å². The maximum absolute atomic E-state index is 12.4. The Bertz CT molecular complexity index is 844. The van der Waals surface area contributed by atoms with Crippen LogP contribution in [0.5, 0.6) is 0 Å². The molecule has 0 bridgehead atoms. The van der Waals surface area contributed by atoms with Gasteiger partial charge in [0.25, 0.3) is 16.9 Å². The Morgan fingerprint density at radius 2 is 2.04 bits per heavy atom. The van der Waals surface area contributed by atoms with Crippen molar-refractivity contribution >= 4 is 23.5 Å². The van der Waals surface area contributed by atoms with Gasteiger partial charge in [-0.2, -0.15) is 0 Å². The first kappa shape index (κ1) is 16.6. The molecule has 0 spiro atoms. The zero-order valence-corrected chi connectivity index (χ0v) is 14.8. The Hall–Kier alpha value is -2.81. The molecule has 1 saturated heterocycles. The number of thioether (sulfide) groups is 1. The second-order valence-electron chi connectivity index (χ2n) is 5.75. The lowest BCUT2D eigenvalue weighted by molar-refractivity contribution is -0.364. The molecule has 0 radical (unpaired) electrons. The number of rotatable bonds is 5. The summed E-state index contributed by atoms with van der Waals surface area (Å²) in [6, 6.07) is 9.50. The quantitative estimate of drug-likeness (QED) is 0.628. The number of H-pyrrole nitrogens is 1. The highest BCUT2D eigenvalue weighted by Gasteiger charge is 2.26. The third-order valence-electron chi connectivity index (χ3n) is 4.12. The normalized spacial score (nSPS) is 14.6. The van der Waals surface area contributed by atoms with Crippen molar-refractivity contribution in [2.75, 3.05) is 36.8 Å². The molecule has 8 nitrogen and oxygen atoms in total. The lowest BCUT2D eigenvalue weighted by atomic mass is 10.3. The van der Waals surface area contributed by atoms with Gasteiger partial charge in [0.2, 0.25) is 5.91 Å². The van der Waals surface area contributed by atoms with Crippen LogP contribution < -0.4 is 9.88 Å². The molecule has 26 heavy (non-hydrogen) atoms. The summed E-state index contributed by atoms with van der Waals surface area (Å²) < 4.78 is 10.7. The first-order valence-corrected chi connectivity index (χ1v) is 9.28. The number of nitrogens with zero attached hydrogens (tertiary/aromatic N) is 4. The predicted molar refractivity (Wildman–Crippen MR) is 94.5 cm³/mol. The van der Waals surface area contributed by atoms with Gasteiger partial charge in [-0.3, -0.25) is 9.69 Å². The van der Waals surface area contributed by atoms with Crippen molar-refractivity contribution in [3.05, 3.63) is 42.8 Å². The van der Waals surface area contributed by atoms with Gasteiger partial charge in [-0.1, -0.05) is 17.8 Å². The number of pyridine rings is 1. The number of nitrogens with one attached hydrogen (secondary N) is 1. The SMILES string of the molecule is O=C(CSc1nnc(-c2ccco2)o1)N1CCN(c2cccc[nH+]2)CC1. The molecule has 1 N–H and O–H groups in total. The fraction of sp³-hybridized carbons (Fsp3) is 0.294. The number of aromatic amines is 1. The average Bonchev–Trinajstić information content (AvgIpc) is 3.38. The monoisotopic (exact) mass is 372 g/mol. The summed E-state index contributed by atoms with van der Waals surface area (Å²) >= 11 is 1.24. The third kappa shape index (κ3) is 3.72. The van der Waals surface area contributed by atoms with Gasteiger partial charge in [-0.15, -0.1) is 10.2 Å². The van der Waals surface area contributed by atoms with Crippen molar-refractivity contribution in [3.8, 4) is 11.7 Å². The number of hydrogen-bond acceptors (Lipinski definition) is 7. The van der Waals surface area contributed by atoms with Gasteiger partial charge in [-0.25, -0.2) is 4.98 Å². The molecular formula is C17H18N5O3S+. The van der Waals surface area contributed by atoms with Gasteiger partial charge in [-0.05, 0) is 18.2 Å². The number of aromatic nitrogens is 3. The predicted octanol–water partition coefficient (Wildman–Crippen LogP) is 1.58. The van der Waals surface area contributed by atoms with Crippen LogP contribution in [0.3, 0.4) is 0 Å². The van der Waals surface area contributed by atoms with Crippen molar-refractivity contribution in [1.29, 1.82) is 0 Å². The van der Waals surface area contributed by atoms with E-state index in [-0.39, 0.29) is 11.7 Å². The van der Waals surface area contributed by atoms with Gasteiger partial charge in [0.05, 0.1) is 31.3 Å². The molecule has 1 fully saturated rings. The summed E-state index contributed by atoms with van der Waals surface area (Å²) in [5.74, 6) is 2.26. The highest BCUT2D eigenvalue weighted by atomic mass is 32.2. The van der Waals surface area contributed by atoms with E-state index in [0.717, 1.165) is 18.9 Å². The lowest BCUT2D eigenvalue weighted by Gasteiger charge is -2.30. The van der Waals surface area contributed by atoms with Crippen LogP contribution in [0.15, 0.2) is 56.8 Å². The Morgan fingerprint density at radius 3 is 2.77 bits per heavy atom. The smallest absolute Gasteiger partial charge is 0.284 e. The van der Waals surface area contributed by atoms with Gasteiger partial charge in [0.15, 0.2) is 5.76 Å². The van der Waals surface area contributed by atoms with Crippen molar-refractivity contribution in [2.45, 2.75) is 5.22 Å². The lowest BCUT2D eigenvalue weighted by Crippen LogP contribution is -2.50. The fourth-order valence-corrected chi connectivity index (χ4v) is 3.43. The molecule has 1 amide bonds. The standard InChI is InChI=1S/C17H17N5O3S/c23-15(12-26-17-20-19-16(25-17)13-4-3-11-24-13)22-9-7-21(8-10-22)14-5-1-2-6-18-14/h1-6,11H,7-10,12H2/p+1. The van der Waals surface area contributed by atoms with Crippen LogP contribution in [0.4, 0.5) is 5.82 Å². The number of piperazine rings is 1. The molecule has 3 aromatic rings. The van der Waals surface area contributed by atoms with Gasteiger partial charge in [0.1, 0.15) is 13.1 Å². The summed E-state index contributed by atoms with van der Waals surface area (Å²) in [6.07, 6.45) is 3.45. The molecule has 3 aromatic heterocycles. The van der Waals surface area contributed by atoms with E-state index in [1.165, 1.54) is 11.8 Å². The third-order valence-corrected chi connectivity index (χ3v) is 4.93. The summed E-state index contributed by atoms with van der Waals surface area (Å²) in [6.45, 7) is 3.01. The van der Waals surface area contributed by atoms with E-state index in [1.54, 1.807) is 18.4 Å². The van der Waals surface area contributed by atoms with E-state index in [9.17, 15) is 4.79 Å². The number of carbonyl (C=O) groups is 1. The minimum Gasteiger partial charge on any atom is -0.459 e. The largest absolute Gasteiger partial charge is 0.459 e. The maximum atomic E-state index is 12.4. The molecule has 4 heterocycles. The zero-order chi connectivity index (χ0) is 17.8. The second kappa shape index (κ2) is 7.61. The average molecular weight is 372 g/mol. The van der Waals surface area contributed by atoms with Crippen LogP contribution in [0, 0.1) is 0 Å². The van der Waals surface area contributed by atoms with E-state index in [4.69, 9.17) is 8.83 Å². The minimum atomic E-state index is 0.0736. The van der Waals surface area contributed by atoms with Gasteiger partial charge in [0, 0.05) is 6.07 Å². The fourth-order valence-electron chi connectivity index (χ4n) is 2.76. The zero-order valence-electron chi connectivity index (χ0n) is 14.0. The molecule has 0 saturated carbocycles. The molecule has 0 aliphatic carbocycles. The number of carbonyl (C=O) groups excluding carboxylic acids is 1. The first-order chi connectivity index (χ1) is 12.8. The number of hydrogen-bond donors (Lipinski definition) is 0. The molecule has 1 aliphatic heterocycles. The Morgan fingerprint density at radius 1 is 1.15 bits per heavy atom. The van der Waals surface area contributed by atoms with E-state index in [2.05, 4.69) is 20.1 Å². The van der Waals surface area contributed by atoms with Gasteiger partial charge < -0.3 is 13.7 Å².